The van der Waals surface area contributed by atoms with Gasteiger partial charge in [0.1, 0.15) is 6.33 Å². The van der Waals surface area contributed by atoms with Crippen molar-refractivity contribution in [2.45, 2.75) is 18.0 Å². The Balaban J connectivity index is 1.45. The minimum atomic E-state index is -0.00974. The lowest BCUT2D eigenvalue weighted by Crippen LogP contribution is -2.72. The van der Waals surface area contributed by atoms with Crippen molar-refractivity contribution in [2.24, 2.45) is 7.05 Å². The van der Waals surface area contributed by atoms with E-state index in [0.717, 1.165) is 58.4 Å². The summed E-state index contributed by atoms with van der Waals surface area (Å²) in [7, 11) is 1.93. The molecule has 3 aromatic heterocycles. The number of aryl methyl sites for hydroxylation is 1. The quantitative estimate of drug-likeness (QED) is 0.565. The molecule has 7 rings (SSSR count). The van der Waals surface area contributed by atoms with Crippen LogP contribution < -0.4 is 10.6 Å². The molecule has 2 N–H and O–H groups in total. The molecule has 0 saturated carbocycles. The Bertz CT molecular complexity index is 1200. The van der Waals surface area contributed by atoms with Crippen molar-refractivity contribution in [3.8, 4) is 22.3 Å². The molecule has 144 valence electrons. The summed E-state index contributed by atoms with van der Waals surface area (Å²) in [5, 5.41) is 12.5. The van der Waals surface area contributed by atoms with Gasteiger partial charge in [0, 0.05) is 61.3 Å². The molecule has 2 unspecified atom stereocenters. The van der Waals surface area contributed by atoms with E-state index in [2.05, 4.69) is 50.0 Å². The van der Waals surface area contributed by atoms with Gasteiger partial charge in [-0.1, -0.05) is 6.07 Å². The van der Waals surface area contributed by atoms with E-state index < -0.39 is 0 Å². The summed E-state index contributed by atoms with van der Waals surface area (Å²) in [6.07, 6.45) is 10.5. The van der Waals surface area contributed by atoms with E-state index in [1.165, 1.54) is 0 Å². The van der Waals surface area contributed by atoms with E-state index in [-0.39, 0.29) is 5.54 Å². The van der Waals surface area contributed by atoms with Gasteiger partial charge >= 0.3 is 0 Å². The number of fused-ring (bicyclic) bond motifs is 3. The van der Waals surface area contributed by atoms with E-state index >= 15 is 0 Å². The van der Waals surface area contributed by atoms with Crippen LogP contribution >= 0.6 is 0 Å². The molecule has 1 aromatic carbocycles. The number of piperidine rings is 1. The minimum Gasteiger partial charge on any atom is -0.313 e. The molecule has 29 heavy (non-hydrogen) atoms. The molecule has 3 aliphatic heterocycles. The zero-order chi connectivity index (χ0) is 19.4. The first-order chi connectivity index (χ1) is 14.2. The topological polar surface area (TPSA) is 80.5 Å². The molecule has 0 spiro atoms. The largest absolute Gasteiger partial charge is 0.313 e. The minimum absolute atomic E-state index is 0.00974. The second-order valence-corrected chi connectivity index (χ2v) is 8.07. The molecule has 0 aliphatic carbocycles. The predicted octanol–water partition coefficient (Wildman–Crippen LogP) is 2.25. The Morgan fingerprint density at radius 1 is 1.07 bits per heavy atom. The first-order valence-electron chi connectivity index (χ1n) is 9.88. The average molecular weight is 383 g/mol. The molecule has 2 bridgehead atoms. The second kappa shape index (κ2) is 6.17. The van der Waals surface area contributed by atoms with Crippen molar-refractivity contribution >= 4 is 10.9 Å². The van der Waals surface area contributed by atoms with Crippen molar-refractivity contribution in [1.29, 1.82) is 0 Å². The Kier molecular flexibility index (Phi) is 3.57. The number of nitrogens with zero attached hydrogens (tertiary/aromatic N) is 5. The maximum atomic E-state index is 4.84. The smallest absolute Gasteiger partial charge is 0.116 e. The van der Waals surface area contributed by atoms with Crippen molar-refractivity contribution < 1.29 is 0 Å². The van der Waals surface area contributed by atoms with E-state index in [0.29, 0.717) is 6.04 Å². The molecular formula is C22H21N7. The monoisotopic (exact) mass is 383 g/mol. The third-order valence-corrected chi connectivity index (χ3v) is 6.12. The summed E-state index contributed by atoms with van der Waals surface area (Å²) in [5.74, 6) is 0. The predicted molar refractivity (Wildman–Crippen MR) is 111 cm³/mol. The van der Waals surface area contributed by atoms with Gasteiger partial charge in [-0.25, -0.2) is 9.97 Å². The van der Waals surface area contributed by atoms with E-state index in [1.807, 2.05) is 36.5 Å². The van der Waals surface area contributed by atoms with Crippen molar-refractivity contribution in [2.75, 3.05) is 13.1 Å². The van der Waals surface area contributed by atoms with Gasteiger partial charge in [0.05, 0.1) is 22.9 Å². The third kappa shape index (κ3) is 2.66. The molecule has 6 heterocycles. The number of aromatic nitrogens is 5. The Hall–Kier alpha value is -3.16. The van der Waals surface area contributed by atoms with Gasteiger partial charge in [0.2, 0.25) is 0 Å². The number of hydrogen-bond acceptors (Lipinski definition) is 6. The molecule has 0 amide bonds. The van der Waals surface area contributed by atoms with Crippen LogP contribution in [0.5, 0.6) is 0 Å². The van der Waals surface area contributed by atoms with Gasteiger partial charge in [-0.05, 0) is 35.7 Å². The van der Waals surface area contributed by atoms with Crippen LogP contribution in [-0.4, -0.2) is 43.9 Å². The Morgan fingerprint density at radius 2 is 2.00 bits per heavy atom. The highest BCUT2D eigenvalue weighted by Crippen LogP contribution is 2.38. The van der Waals surface area contributed by atoms with Gasteiger partial charge < -0.3 is 10.6 Å². The first kappa shape index (κ1) is 16.8. The lowest BCUT2D eigenvalue weighted by atomic mass is 9.75. The molecule has 7 heteroatoms. The van der Waals surface area contributed by atoms with E-state index in [1.54, 1.807) is 6.33 Å². The number of pyridine rings is 1. The molecule has 3 saturated heterocycles. The highest BCUT2D eigenvalue weighted by Gasteiger charge is 2.48. The van der Waals surface area contributed by atoms with E-state index in [9.17, 15) is 0 Å². The SMILES string of the molecule is Cn1cc(-c2cc(-c3ccc(C45CNCC(C4)N5)nc3)c3cncnc3c2)cn1. The van der Waals surface area contributed by atoms with Gasteiger partial charge in [0.15, 0.2) is 0 Å². The number of piperazine rings is 1. The summed E-state index contributed by atoms with van der Waals surface area (Å²) in [4.78, 5) is 13.6. The average Bonchev–Trinajstić information content (AvgIpc) is 3.19. The van der Waals surface area contributed by atoms with Crippen molar-refractivity contribution in [3.05, 3.63) is 61.1 Å². The van der Waals surface area contributed by atoms with Gasteiger partial charge in [0.25, 0.3) is 0 Å². The zero-order valence-electron chi connectivity index (χ0n) is 16.1. The molecular weight excluding hydrogens is 362 g/mol. The maximum absolute atomic E-state index is 4.84. The van der Waals surface area contributed by atoms with Crippen LogP contribution in [0.2, 0.25) is 0 Å². The van der Waals surface area contributed by atoms with Gasteiger partial charge in [-0.3, -0.25) is 9.67 Å². The zero-order valence-corrected chi connectivity index (χ0v) is 16.1. The van der Waals surface area contributed by atoms with Gasteiger partial charge in [-0.2, -0.15) is 5.10 Å². The highest BCUT2D eigenvalue weighted by atomic mass is 15.2. The third-order valence-electron chi connectivity index (χ3n) is 6.12. The Morgan fingerprint density at radius 3 is 2.72 bits per heavy atom. The molecule has 4 aromatic rings. The number of benzene rings is 1. The fraction of sp³-hybridized carbons (Fsp3) is 0.273. The van der Waals surface area contributed by atoms with Crippen molar-refractivity contribution in [1.82, 2.24) is 35.4 Å². The lowest BCUT2D eigenvalue weighted by Gasteiger charge is -2.53. The number of nitrogens with one attached hydrogen (secondary N) is 2. The second-order valence-electron chi connectivity index (χ2n) is 8.07. The van der Waals surface area contributed by atoms with Crippen LogP contribution in [0, 0.1) is 0 Å². The van der Waals surface area contributed by atoms with Crippen LogP contribution in [0.4, 0.5) is 0 Å². The molecule has 2 atom stereocenters. The van der Waals surface area contributed by atoms with Crippen LogP contribution in [0.3, 0.4) is 0 Å². The molecule has 0 radical (unpaired) electrons. The van der Waals surface area contributed by atoms with Crippen LogP contribution in [0.15, 0.2) is 55.4 Å². The Labute approximate surface area is 168 Å². The summed E-state index contributed by atoms with van der Waals surface area (Å²) in [6.45, 7) is 1.98. The molecule has 3 fully saturated rings. The fourth-order valence-electron chi connectivity index (χ4n) is 4.66. The van der Waals surface area contributed by atoms with Crippen molar-refractivity contribution in [3.63, 3.8) is 0 Å². The standard InChI is InChI=1S/C22H21N7/c1-29-11-16(8-27-29)15-4-18(19-10-24-13-26-20(19)5-15)14-2-3-21(25-7-14)22-6-17(28-22)9-23-12-22/h2-5,7-8,10-11,13,17,23,28H,6,9,12H2,1H3. The highest BCUT2D eigenvalue weighted by molar-refractivity contribution is 5.97. The maximum Gasteiger partial charge on any atom is 0.116 e. The first-order valence-corrected chi connectivity index (χ1v) is 9.88. The normalized spacial score (nSPS) is 23.1. The fourth-order valence-corrected chi connectivity index (χ4v) is 4.66. The molecule has 7 nitrogen and oxygen atoms in total. The van der Waals surface area contributed by atoms with E-state index in [4.69, 9.17) is 4.98 Å². The summed E-state index contributed by atoms with van der Waals surface area (Å²) >= 11 is 0. The van der Waals surface area contributed by atoms with Gasteiger partial charge in [-0.15, -0.1) is 0 Å². The van der Waals surface area contributed by atoms with Crippen LogP contribution in [0.1, 0.15) is 12.1 Å². The van der Waals surface area contributed by atoms with Crippen LogP contribution in [0.25, 0.3) is 33.2 Å². The summed E-state index contributed by atoms with van der Waals surface area (Å²) < 4.78 is 1.81. The molecule has 3 aliphatic rings. The number of rotatable bonds is 3. The summed E-state index contributed by atoms with van der Waals surface area (Å²) in [6, 6.07) is 9.15. The number of hydrogen-bond donors (Lipinski definition) is 2. The lowest BCUT2D eigenvalue weighted by molar-refractivity contribution is 0.0831. The summed E-state index contributed by atoms with van der Waals surface area (Å²) in [5.41, 5.74) is 6.31. The van der Waals surface area contributed by atoms with Crippen LogP contribution in [-0.2, 0) is 12.6 Å².